The highest BCUT2D eigenvalue weighted by molar-refractivity contribution is 7.10. The molecule has 0 radical (unpaired) electrons. The van der Waals surface area contributed by atoms with Crippen molar-refractivity contribution >= 4 is 17.4 Å². The van der Waals surface area contributed by atoms with Gasteiger partial charge in [-0.1, -0.05) is 30.3 Å². The van der Waals surface area contributed by atoms with E-state index in [4.69, 9.17) is 0 Å². The Bertz CT molecular complexity index is 680. The molecule has 0 aliphatic carbocycles. The first-order valence-electron chi connectivity index (χ1n) is 8.96. The number of aryl methyl sites for hydroxylation is 1. The fraction of sp³-hybridized carbons (Fsp3) is 0.450. The van der Waals surface area contributed by atoms with Crippen LogP contribution >= 0.6 is 11.3 Å². The van der Waals surface area contributed by atoms with Crippen LogP contribution < -0.4 is 5.32 Å². The summed E-state index contributed by atoms with van der Waals surface area (Å²) in [6, 6.07) is 12.8. The third-order valence-electron chi connectivity index (χ3n) is 4.92. The quantitative estimate of drug-likeness (QED) is 0.847. The standard InChI is InChI=1S/C20H27N3OS/c1-16-8-3-4-9-17(16)15-22(2)20(24)21-14-18(19-10-7-13-25-19)23-11-5-6-12-23/h3-4,7-10,13,18H,5-6,11-12,14-15H2,1-2H3,(H,21,24). The van der Waals surface area contributed by atoms with E-state index in [9.17, 15) is 4.79 Å². The zero-order valence-corrected chi connectivity index (χ0v) is 15.9. The van der Waals surface area contributed by atoms with Gasteiger partial charge in [0.1, 0.15) is 0 Å². The van der Waals surface area contributed by atoms with Crippen LogP contribution in [-0.2, 0) is 6.54 Å². The summed E-state index contributed by atoms with van der Waals surface area (Å²) in [4.78, 5) is 18.1. The molecule has 2 amide bonds. The average Bonchev–Trinajstić information content (AvgIpc) is 3.31. The Morgan fingerprint density at radius 1 is 1.24 bits per heavy atom. The number of likely N-dealkylation sites (tertiary alicyclic amines) is 1. The van der Waals surface area contributed by atoms with Gasteiger partial charge in [-0.2, -0.15) is 0 Å². The number of hydrogen-bond acceptors (Lipinski definition) is 3. The maximum absolute atomic E-state index is 12.5. The van der Waals surface area contributed by atoms with Gasteiger partial charge in [0, 0.05) is 25.0 Å². The van der Waals surface area contributed by atoms with E-state index in [1.807, 2.05) is 19.2 Å². The maximum Gasteiger partial charge on any atom is 0.317 e. The molecule has 1 aliphatic heterocycles. The van der Waals surface area contributed by atoms with Crippen molar-refractivity contribution in [3.63, 3.8) is 0 Å². The zero-order valence-electron chi connectivity index (χ0n) is 15.1. The molecule has 5 heteroatoms. The molecule has 1 fully saturated rings. The first-order valence-corrected chi connectivity index (χ1v) is 9.84. The largest absolute Gasteiger partial charge is 0.336 e. The Kier molecular flexibility index (Phi) is 6.10. The van der Waals surface area contributed by atoms with E-state index in [-0.39, 0.29) is 6.03 Å². The van der Waals surface area contributed by atoms with Crippen LogP contribution in [0, 0.1) is 6.92 Å². The molecule has 0 spiro atoms. The molecular formula is C20H27N3OS. The van der Waals surface area contributed by atoms with E-state index >= 15 is 0 Å². The summed E-state index contributed by atoms with van der Waals surface area (Å²) in [6.07, 6.45) is 2.51. The number of amides is 2. The molecule has 1 saturated heterocycles. The van der Waals surface area contributed by atoms with Crippen LogP contribution in [0.5, 0.6) is 0 Å². The van der Waals surface area contributed by atoms with Crippen molar-refractivity contribution < 1.29 is 4.79 Å². The van der Waals surface area contributed by atoms with Gasteiger partial charge in [-0.15, -0.1) is 11.3 Å². The highest BCUT2D eigenvalue weighted by atomic mass is 32.1. The van der Waals surface area contributed by atoms with Crippen LogP contribution in [-0.4, -0.2) is 42.5 Å². The second-order valence-electron chi connectivity index (χ2n) is 6.74. The van der Waals surface area contributed by atoms with Crippen molar-refractivity contribution in [2.45, 2.75) is 32.4 Å². The number of hydrogen-bond donors (Lipinski definition) is 1. The van der Waals surface area contributed by atoms with Crippen LogP contribution in [0.4, 0.5) is 4.79 Å². The van der Waals surface area contributed by atoms with Gasteiger partial charge in [0.2, 0.25) is 0 Å². The van der Waals surface area contributed by atoms with E-state index in [2.05, 4.69) is 46.8 Å². The van der Waals surface area contributed by atoms with Crippen molar-refractivity contribution in [3.05, 3.63) is 57.8 Å². The van der Waals surface area contributed by atoms with Gasteiger partial charge in [0.25, 0.3) is 0 Å². The average molecular weight is 358 g/mol. The lowest BCUT2D eigenvalue weighted by Gasteiger charge is -2.28. The van der Waals surface area contributed by atoms with E-state index in [1.54, 1.807) is 16.2 Å². The minimum Gasteiger partial charge on any atom is -0.336 e. The van der Waals surface area contributed by atoms with Crippen molar-refractivity contribution in [3.8, 4) is 0 Å². The number of urea groups is 1. The monoisotopic (exact) mass is 357 g/mol. The molecule has 0 bridgehead atoms. The van der Waals surface area contributed by atoms with Gasteiger partial charge in [0.05, 0.1) is 6.04 Å². The van der Waals surface area contributed by atoms with Gasteiger partial charge < -0.3 is 10.2 Å². The minimum absolute atomic E-state index is 0.0102. The first-order chi connectivity index (χ1) is 12.1. The summed E-state index contributed by atoms with van der Waals surface area (Å²) in [5.41, 5.74) is 2.41. The number of thiophene rings is 1. The Hall–Kier alpha value is -1.85. The van der Waals surface area contributed by atoms with Crippen LogP contribution in [0.3, 0.4) is 0 Å². The number of nitrogens with one attached hydrogen (secondary N) is 1. The van der Waals surface area contributed by atoms with Crippen molar-refractivity contribution in [1.29, 1.82) is 0 Å². The summed E-state index contributed by atoms with van der Waals surface area (Å²) >= 11 is 1.78. The molecule has 2 heterocycles. The summed E-state index contributed by atoms with van der Waals surface area (Å²) in [5.74, 6) is 0. The normalized spacial score (nSPS) is 15.9. The van der Waals surface area contributed by atoms with Crippen LogP contribution in [0.1, 0.15) is 34.9 Å². The molecule has 25 heavy (non-hydrogen) atoms. The molecule has 1 aromatic heterocycles. The predicted octanol–water partition coefficient (Wildman–Crippen LogP) is 4.04. The SMILES string of the molecule is Cc1ccccc1CN(C)C(=O)NCC(c1cccs1)N1CCCC1. The number of rotatable bonds is 6. The molecule has 3 rings (SSSR count). The second kappa shape index (κ2) is 8.50. The minimum atomic E-state index is -0.0102. The van der Waals surface area contributed by atoms with Gasteiger partial charge in [0.15, 0.2) is 0 Å². The van der Waals surface area contributed by atoms with Gasteiger partial charge in [-0.25, -0.2) is 4.79 Å². The maximum atomic E-state index is 12.5. The highest BCUT2D eigenvalue weighted by Crippen LogP contribution is 2.27. The number of nitrogens with zero attached hydrogens (tertiary/aromatic N) is 2. The molecule has 134 valence electrons. The van der Waals surface area contributed by atoms with E-state index in [0.29, 0.717) is 19.1 Å². The third-order valence-corrected chi connectivity index (χ3v) is 5.89. The number of carbonyl (C=O) groups is 1. The molecular weight excluding hydrogens is 330 g/mol. The lowest BCUT2D eigenvalue weighted by molar-refractivity contribution is 0.196. The molecule has 2 aromatic rings. The molecule has 1 N–H and O–H groups in total. The Morgan fingerprint density at radius 2 is 2.00 bits per heavy atom. The highest BCUT2D eigenvalue weighted by Gasteiger charge is 2.25. The smallest absolute Gasteiger partial charge is 0.317 e. The molecule has 1 aromatic carbocycles. The summed E-state index contributed by atoms with van der Waals surface area (Å²) < 4.78 is 0. The van der Waals surface area contributed by atoms with E-state index in [1.165, 1.54) is 28.8 Å². The van der Waals surface area contributed by atoms with Crippen LogP contribution in [0.25, 0.3) is 0 Å². The summed E-state index contributed by atoms with van der Waals surface area (Å²) in [7, 11) is 1.86. The Labute approximate surface area is 154 Å². The molecule has 4 nitrogen and oxygen atoms in total. The summed E-state index contributed by atoms with van der Waals surface area (Å²) in [5, 5.41) is 5.26. The number of carbonyl (C=O) groups excluding carboxylic acids is 1. The lowest BCUT2D eigenvalue weighted by Crippen LogP contribution is -2.42. The van der Waals surface area contributed by atoms with Gasteiger partial charge in [-0.05, 0) is 55.4 Å². The van der Waals surface area contributed by atoms with Crippen molar-refractivity contribution in [1.82, 2.24) is 15.1 Å². The van der Waals surface area contributed by atoms with Crippen LogP contribution in [0.2, 0.25) is 0 Å². The molecule has 1 atom stereocenters. The van der Waals surface area contributed by atoms with Gasteiger partial charge in [-0.3, -0.25) is 4.90 Å². The fourth-order valence-corrected chi connectivity index (χ4v) is 4.24. The second-order valence-corrected chi connectivity index (χ2v) is 7.72. The first kappa shape index (κ1) is 18.0. The van der Waals surface area contributed by atoms with Gasteiger partial charge >= 0.3 is 6.03 Å². The Balaban J connectivity index is 1.58. The number of benzene rings is 1. The Morgan fingerprint density at radius 3 is 2.68 bits per heavy atom. The molecule has 1 aliphatic rings. The van der Waals surface area contributed by atoms with Crippen molar-refractivity contribution in [2.75, 3.05) is 26.7 Å². The molecule has 1 unspecified atom stereocenters. The lowest BCUT2D eigenvalue weighted by atomic mass is 10.1. The summed E-state index contributed by atoms with van der Waals surface area (Å²) in [6.45, 7) is 5.62. The van der Waals surface area contributed by atoms with E-state index in [0.717, 1.165) is 13.1 Å². The van der Waals surface area contributed by atoms with E-state index < -0.39 is 0 Å². The van der Waals surface area contributed by atoms with Crippen molar-refractivity contribution in [2.24, 2.45) is 0 Å². The fourth-order valence-electron chi connectivity index (χ4n) is 3.38. The van der Waals surface area contributed by atoms with Crippen LogP contribution in [0.15, 0.2) is 41.8 Å². The topological polar surface area (TPSA) is 35.6 Å². The predicted molar refractivity (Wildman–Crippen MR) is 104 cm³/mol. The third kappa shape index (κ3) is 4.61. The zero-order chi connectivity index (χ0) is 17.6. The molecule has 0 saturated carbocycles.